The van der Waals surface area contributed by atoms with Crippen molar-refractivity contribution in [3.05, 3.63) is 60.4 Å². The van der Waals surface area contributed by atoms with Crippen LogP contribution < -0.4 is 15.4 Å². The number of guanidine groups is 1. The van der Waals surface area contributed by atoms with E-state index >= 15 is 0 Å². The number of benzene rings is 1. The SMILES string of the molecule is CCNC(=NCC(=O)N(C)CCc1ccccn1)NCCCOc1ccccc1. The summed E-state index contributed by atoms with van der Waals surface area (Å²) in [5.74, 6) is 1.48. The maximum Gasteiger partial charge on any atom is 0.244 e. The molecule has 0 bridgehead atoms. The Morgan fingerprint density at radius 1 is 1.14 bits per heavy atom. The number of amides is 1. The van der Waals surface area contributed by atoms with Gasteiger partial charge in [-0.25, -0.2) is 4.99 Å². The van der Waals surface area contributed by atoms with Crippen LogP contribution in [0.3, 0.4) is 0 Å². The first kappa shape index (κ1) is 22.2. The molecule has 1 heterocycles. The Morgan fingerprint density at radius 3 is 2.66 bits per heavy atom. The quantitative estimate of drug-likeness (QED) is 0.345. The molecular weight excluding hydrogens is 366 g/mol. The van der Waals surface area contributed by atoms with Crippen molar-refractivity contribution in [3.63, 3.8) is 0 Å². The number of hydrogen-bond donors (Lipinski definition) is 2. The number of nitrogens with one attached hydrogen (secondary N) is 2. The number of para-hydroxylation sites is 1. The zero-order valence-electron chi connectivity index (χ0n) is 17.3. The molecule has 0 aliphatic heterocycles. The molecule has 7 nitrogen and oxygen atoms in total. The third kappa shape index (κ3) is 9.10. The van der Waals surface area contributed by atoms with Gasteiger partial charge in [0, 0.05) is 45.0 Å². The highest BCUT2D eigenvalue weighted by Gasteiger charge is 2.09. The molecule has 0 saturated heterocycles. The van der Waals surface area contributed by atoms with E-state index in [1.807, 2.05) is 55.5 Å². The Balaban J connectivity index is 1.68. The summed E-state index contributed by atoms with van der Waals surface area (Å²) < 4.78 is 5.67. The number of aliphatic imine (C=N–C) groups is 1. The second kappa shape index (κ2) is 13.1. The van der Waals surface area contributed by atoms with Gasteiger partial charge in [0.2, 0.25) is 5.91 Å². The third-order valence-electron chi connectivity index (χ3n) is 4.20. The molecule has 0 radical (unpaired) electrons. The largest absolute Gasteiger partial charge is 0.494 e. The number of rotatable bonds is 11. The number of aromatic nitrogens is 1. The number of pyridine rings is 1. The lowest BCUT2D eigenvalue weighted by Crippen LogP contribution is -2.39. The average Bonchev–Trinajstić information content (AvgIpc) is 2.76. The first-order chi connectivity index (χ1) is 14.2. The molecule has 0 saturated carbocycles. The van der Waals surface area contributed by atoms with E-state index in [2.05, 4.69) is 20.6 Å². The Morgan fingerprint density at radius 2 is 1.93 bits per heavy atom. The minimum atomic E-state index is -0.0226. The molecule has 2 rings (SSSR count). The molecule has 29 heavy (non-hydrogen) atoms. The number of ether oxygens (including phenoxy) is 1. The van der Waals surface area contributed by atoms with E-state index in [-0.39, 0.29) is 12.5 Å². The monoisotopic (exact) mass is 397 g/mol. The molecule has 0 aliphatic carbocycles. The van der Waals surface area contributed by atoms with Crippen molar-refractivity contribution in [1.82, 2.24) is 20.5 Å². The van der Waals surface area contributed by atoms with Crippen LogP contribution in [0.1, 0.15) is 19.0 Å². The maximum atomic E-state index is 12.3. The molecule has 7 heteroatoms. The predicted molar refractivity (Wildman–Crippen MR) is 116 cm³/mol. The lowest BCUT2D eigenvalue weighted by Gasteiger charge is -2.16. The summed E-state index contributed by atoms with van der Waals surface area (Å²) in [5, 5.41) is 6.40. The molecule has 156 valence electrons. The lowest BCUT2D eigenvalue weighted by atomic mass is 10.2. The summed E-state index contributed by atoms with van der Waals surface area (Å²) in [7, 11) is 1.79. The summed E-state index contributed by atoms with van der Waals surface area (Å²) in [5.41, 5.74) is 0.975. The molecule has 1 aromatic carbocycles. The first-order valence-corrected chi connectivity index (χ1v) is 10.0. The van der Waals surface area contributed by atoms with Crippen LogP contribution in [0, 0.1) is 0 Å². The fourth-order valence-corrected chi connectivity index (χ4v) is 2.55. The van der Waals surface area contributed by atoms with Gasteiger partial charge in [-0.05, 0) is 37.6 Å². The molecular formula is C22H31N5O2. The Labute approximate surface area is 173 Å². The summed E-state index contributed by atoms with van der Waals surface area (Å²) in [6.45, 7) is 4.78. The topological polar surface area (TPSA) is 78.9 Å². The van der Waals surface area contributed by atoms with Gasteiger partial charge in [0.25, 0.3) is 0 Å². The van der Waals surface area contributed by atoms with Crippen molar-refractivity contribution >= 4 is 11.9 Å². The molecule has 0 spiro atoms. The van der Waals surface area contributed by atoms with Crippen LogP contribution in [0.2, 0.25) is 0 Å². The highest BCUT2D eigenvalue weighted by atomic mass is 16.5. The van der Waals surface area contributed by atoms with Crippen molar-refractivity contribution in [2.24, 2.45) is 4.99 Å². The van der Waals surface area contributed by atoms with Gasteiger partial charge in [0.05, 0.1) is 6.61 Å². The van der Waals surface area contributed by atoms with Crippen LogP contribution in [0.25, 0.3) is 0 Å². The first-order valence-electron chi connectivity index (χ1n) is 10.0. The van der Waals surface area contributed by atoms with E-state index in [0.29, 0.717) is 25.7 Å². The van der Waals surface area contributed by atoms with E-state index in [1.165, 1.54) is 0 Å². The molecule has 0 atom stereocenters. The smallest absolute Gasteiger partial charge is 0.244 e. The molecule has 0 unspecified atom stereocenters. The number of carbonyl (C=O) groups is 1. The van der Waals surface area contributed by atoms with Gasteiger partial charge >= 0.3 is 0 Å². The summed E-state index contributed by atoms with van der Waals surface area (Å²) in [4.78, 5) is 22.7. The van der Waals surface area contributed by atoms with Gasteiger partial charge in [-0.3, -0.25) is 9.78 Å². The zero-order valence-corrected chi connectivity index (χ0v) is 17.3. The molecule has 2 N–H and O–H groups in total. The summed E-state index contributed by atoms with van der Waals surface area (Å²) in [6.07, 6.45) is 3.32. The van der Waals surface area contributed by atoms with Crippen molar-refractivity contribution in [2.45, 2.75) is 19.8 Å². The highest BCUT2D eigenvalue weighted by Crippen LogP contribution is 2.08. The van der Waals surface area contributed by atoms with Crippen LogP contribution in [-0.2, 0) is 11.2 Å². The van der Waals surface area contributed by atoms with Gasteiger partial charge in [0.15, 0.2) is 5.96 Å². The Kier molecular flexibility index (Phi) is 10.1. The average molecular weight is 398 g/mol. The van der Waals surface area contributed by atoms with Crippen LogP contribution in [-0.4, -0.2) is 61.6 Å². The number of carbonyl (C=O) groups excluding carboxylic acids is 1. The zero-order chi connectivity index (χ0) is 20.7. The lowest BCUT2D eigenvalue weighted by molar-refractivity contribution is -0.128. The summed E-state index contributed by atoms with van der Waals surface area (Å²) in [6, 6.07) is 15.5. The van der Waals surface area contributed by atoms with Crippen molar-refractivity contribution < 1.29 is 9.53 Å². The van der Waals surface area contributed by atoms with Crippen LogP contribution in [0.4, 0.5) is 0 Å². The van der Waals surface area contributed by atoms with E-state index in [4.69, 9.17) is 4.74 Å². The second-order valence-corrected chi connectivity index (χ2v) is 6.52. The predicted octanol–water partition coefficient (Wildman–Crippen LogP) is 2.11. The third-order valence-corrected chi connectivity index (χ3v) is 4.20. The van der Waals surface area contributed by atoms with Crippen molar-refractivity contribution in [2.75, 3.05) is 39.8 Å². The highest BCUT2D eigenvalue weighted by molar-refractivity contribution is 5.84. The fourth-order valence-electron chi connectivity index (χ4n) is 2.55. The normalized spacial score (nSPS) is 11.0. The molecule has 2 aromatic rings. The van der Waals surface area contributed by atoms with Gasteiger partial charge in [-0.15, -0.1) is 0 Å². The van der Waals surface area contributed by atoms with Crippen molar-refractivity contribution in [3.8, 4) is 5.75 Å². The van der Waals surface area contributed by atoms with Gasteiger partial charge in [0.1, 0.15) is 12.3 Å². The Bertz CT molecular complexity index is 737. The second-order valence-electron chi connectivity index (χ2n) is 6.52. The van der Waals surface area contributed by atoms with Crippen LogP contribution >= 0.6 is 0 Å². The molecule has 0 fully saturated rings. The van der Waals surface area contributed by atoms with Gasteiger partial charge in [-0.1, -0.05) is 24.3 Å². The number of hydrogen-bond acceptors (Lipinski definition) is 4. The fraction of sp³-hybridized carbons (Fsp3) is 0.409. The van der Waals surface area contributed by atoms with Gasteiger partial charge in [-0.2, -0.15) is 0 Å². The maximum absolute atomic E-state index is 12.3. The van der Waals surface area contributed by atoms with Gasteiger partial charge < -0.3 is 20.3 Å². The summed E-state index contributed by atoms with van der Waals surface area (Å²) >= 11 is 0. The molecule has 1 aromatic heterocycles. The van der Waals surface area contributed by atoms with E-state index in [1.54, 1.807) is 18.1 Å². The van der Waals surface area contributed by atoms with Crippen molar-refractivity contribution in [1.29, 1.82) is 0 Å². The number of likely N-dealkylation sites (N-methyl/N-ethyl adjacent to an activating group) is 1. The minimum absolute atomic E-state index is 0.0226. The van der Waals surface area contributed by atoms with E-state index in [0.717, 1.165) is 30.8 Å². The minimum Gasteiger partial charge on any atom is -0.494 e. The molecule has 0 aliphatic rings. The van der Waals surface area contributed by atoms with E-state index in [9.17, 15) is 4.79 Å². The number of nitrogens with zero attached hydrogens (tertiary/aromatic N) is 3. The van der Waals surface area contributed by atoms with Crippen LogP contribution in [0.5, 0.6) is 5.75 Å². The Hall–Kier alpha value is -3.09. The van der Waals surface area contributed by atoms with E-state index < -0.39 is 0 Å². The molecule has 1 amide bonds. The van der Waals surface area contributed by atoms with Crippen LogP contribution in [0.15, 0.2) is 59.7 Å². The standard InChI is InChI=1S/C22H31N5O2/c1-3-23-22(25-15-9-17-29-20-11-5-4-6-12-20)26-18-21(28)27(2)16-13-19-10-7-8-14-24-19/h4-8,10-12,14H,3,9,13,15-18H2,1-2H3,(H2,23,25,26).